The van der Waals surface area contributed by atoms with E-state index in [-0.39, 0.29) is 24.0 Å². The molecule has 3 aromatic rings. The molecule has 226 valence electrons. The van der Waals surface area contributed by atoms with E-state index < -0.39 is 0 Å². The SMILES string of the molecule is C=CCOC(=O)c1ccc(-c2ccc3cc(OCCCCCC(=O)OCC)c(C45CC6CC(CC(C6)C4)C5)cc3c2)cc1. The van der Waals surface area contributed by atoms with Crippen molar-refractivity contribution in [1.29, 1.82) is 0 Å². The molecule has 4 fully saturated rings. The lowest BCUT2D eigenvalue weighted by Gasteiger charge is -2.57. The zero-order chi connectivity index (χ0) is 29.8. The minimum absolute atomic E-state index is 0.108. The van der Waals surface area contributed by atoms with Crippen LogP contribution in [0.3, 0.4) is 0 Å². The van der Waals surface area contributed by atoms with E-state index in [2.05, 4.69) is 36.9 Å². The number of hydrogen-bond acceptors (Lipinski definition) is 5. The third-order valence-corrected chi connectivity index (χ3v) is 9.92. The fourth-order valence-corrected chi connectivity index (χ4v) is 8.41. The minimum atomic E-state index is -0.336. The van der Waals surface area contributed by atoms with Gasteiger partial charge in [-0.3, -0.25) is 4.79 Å². The third-order valence-electron chi connectivity index (χ3n) is 9.92. The van der Waals surface area contributed by atoms with E-state index in [1.165, 1.54) is 54.9 Å². The van der Waals surface area contributed by atoms with E-state index in [1.54, 1.807) is 6.08 Å². The quantitative estimate of drug-likeness (QED) is 0.115. The van der Waals surface area contributed by atoms with Crippen molar-refractivity contribution < 1.29 is 23.8 Å². The zero-order valence-electron chi connectivity index (χ0n) is 25.4. The van der Waals surface area contributed by atoms with Crippen LogP contribution < -0.4 is 4.74 Å². The Morgan fingerprint density at radius 3 is 2.21 bits per heavy atom. The first-order chi connectivity index (χ1) is 21.0. The average Bonchev–Trinajstić information content (AvgIpc) is 3.00. The van der Waals surface area contributed by atoms with E-state index in [0.717, 1.165) is 53.9 Å². The average molecular weight is 581 g/mol. The Morgan fingerprint density at radius 2 is 1.53 bits per heavy atom. The van der Waals surface area contributed by atoms with E-state index in [1.807, 2.05) is 31.2 Å². The summed E-state index contributed by atoms with van der Waals surface area (Å²) in [6, 6.07) is 19.0. The Labute approximate surface area is 255 Å². The molecular formula is C38H44O5. The number of carbonyl (C=O) groups is 2. The zero-order valence-corrected chi connectivity index (χ0v) is 25.4. The van der Waals surface area contributed by atoms with E-state index in [0.29, 0.717) is 25.2 Å². The molecule has 0 N–H and O–H groups in total. The number of unbranched alkanes of at least 4 members (excludes halogenated alkanes) is 2. The molecule has 0 saturated heterocycles. The Hall–Kier alpha value is -3.60. The smallest absolute Gasteiger partial charge is 0.338 e. The van der Waals surface area contributed by atoms with Gasteiger partial charge in [-0.2, -0.15) is 0 Å². The molecule has 5 nitrogen and oxygen atoms in total. The number of benzene rings is 3. The van der Waals surface area contributed by atoms with Gasteiger partial charge >= 0.3 is 11.9 Å². The van der Waals surface area contributed by atoms with Gasteiger partial charge in [0.2, 0.25) is 0 Å². The summed E-state index contributed by atoms with van der Waals surface area (Å²) in [4.78, 5) is 23.9. The van der Waals surface area contributed by atoms with Crippen LogP contribution in [0.4, 0.5) is 0 Å². The molecule has 0 aromatic heterocycles. The summed E-state index contributed by atoms with van der Waals surface area (Å²) < 4.78 is 16.8. The molecule has 0 unspecified atom stereocenters. The molecule has 43 heavy (non-hydrogen) atoms. The molecule has 3 aromatic carbocycles. The Bertz CT molecular complexity index is 1430. The molecule has 0 aliphatic heterocycles. The molecule has 5 heteroatoms. The third kappa shape index (κ3) is 6.51. The van der Waals surface area contributed by atoms with Crippen molar-refractivity contribution in [3.8, 4) is 16.9 Å². The number of esters is 2. The molecule has 4 aliphatic carbocycles. The first-order valence-electron chi connectivity index (χ1n) is 16.2. The van der Waals surface area contributed by atoms with Crippen LogP contribution in [-0.2, 0) is 19.7 Å². The van der Waals surface area contributed by atoms with Crippen LogP contribution in [0.15, 0.2) is 67.3 Å². The van der Waals surface area contributed by atoms with Crippen molar-refractivity contribution in [3.05, 3.63) is 78.4 Å². The Morgan fingerprint density at radius 1 is 0.837 bits per heavy atom. The van der Waals surface area contributed by atoms with Crippen LogP contribution >= 0.6 is 0 Å². The molecule has 4 aliphatic rings. The van der Waals surface area contributed by atoms with Crippen LogP contribution in [0.2, 0.25) is 0 Å². The molecule has 0 spiro atoms. The second kappa shape index (κ2) is 13.0. The van der Waals surface area contributed by atoms with Crippen LogP contribution in [0.1, 0.15) is 87.1 Å². The van der Waals surface area contributed by atoms with Gasteiger partial charge in [-0.1, -0.05) is 36.9 Å². The van der Waals surface area contributed by atoms with E-state index >= 15 is 0 Å². The van der Waals surface area contributed by atoms with Crippen LogP contribution in [0, 0.1) is 17.8 Å². The number of rotatable bonds is 13. The summed E-state index contributed by atoms with van der Waals surface area (Å²) in [6.45, 7) is 6.76. The van der Waals surface area contributed by atoms with Crippen molar-refractivity contribution in [1.82, 2.24) is 0 Å². The monoisotopic (exact) mass is 580 g/mol. The number of carbonyl (C=O) groups excluding carboxylic acids is 2. The maximum atomic E-state index is 12.2. The molecule has 7 rings (SSSR count). The second-order valence-corrected chi connectivity index (χ2v) is 13.0. The standard InChI is InChI=1S/C38H44O5/c1-3-15-43-37(40)30-11-9-29(10-12-30)31-13-14-32-22-35(42-16-7-5-6-8-36(39)41-4-2)34(21-33(32)20-31)38-23-26-17-27(24-38)19-28(18-26)25-38/h3,9-14,20-22,26-28H,1,4-8,15-19,23-25H2,2H3. The molecule has 0 amide bonds. The summed E-state index contributed by atoms with van der Waals surface area (Å²) in [6.07, 6.45) is 12.8. The van der Waals surface area contributed by atoms with Gasteiger partial charge in [-0.25, -0.2) is 4.79 Å². The summed E-state index contributed by atoms with van der Waals surface area (Å²) in [7, 11) is 0. The number of fused-ring (bicyclic) bond motifs is 1. The topological polar surface area (TPSA) is 61.8 Å². The van der Waals surface area contributed by atoms with Gasteiger partial charge in [0.1, 0.15) is 12.4 Å². The lowest BCUT2D eigenvalue weighted by atomic mass is 9.48. The van der Waals surface area contributed by atoms with Crippen LogP contribution in [-0.4, -0.2) is 31.8 Å². The van der Waals surface area contributed by atoms with Crippen molar-refractivity contribution in [3.63, 3.8) is 0 Å². The summed E-state index contributed by atoms with van der Waals surface area (Å²) in [5.74, 6) is 3.15. The van der Waals surface area contributed by atoms with Crippen molar-refractivity contribution in [2.45, 2.75) is 76.5 Å². The number of hydrogen-bond donors (Lipinski definition) is 0. The van der Waals surface area contributed by atoms with Crippen molar-refractivity contribution in [2.75, 3.05) is 19.8 Å². The van der Waals surface area contributed by atoms with Crippen LogP contribution in [0.25, 0.3) is 21.9 Å². The molecule has 4 saturated carbocycles. The van der Waals surface area contributed by atoms with Crippen molar-refractivity contribution in [2.24, 2.45) is 17.8 Å². The highest BCUT2D eigenvalue weighted by Crippen LogP contribution is 2.62. The fourth-order valence-electron chi connectivity index (χ4n) is 8.41. The van der Waals surface area contributed by atoms with Gasteiger partial charge in [0, 0.05) is 12.0 Å². The maximum absolute atomic E-state index is 12.2. The Balaban J connectivity index is 1.25. The summed E-state index contributed by atoms with van der Waals surface area (Å²) in [5, 5.41) is 2.42. The highest BCUT2D eigenvalue weighted by molar-refractivity contribution is 5.92. The molecule has 0 radical (unpaired) electrons. The highest BCUT2D eigenvalue weighted by atomic mass is 16.5. The van der Waals surface area contributed by atoms with Gasteiger partial charge in [0.15, 0.2) is 0 Å². The first-order valence-corrected chi connectivity index (χ1v) is 16.2. The lowest BCUT2D eigenvalue weighted by molar-refractivity contribution is -0.143. The molecule has 0 atom stereocenters. The minimum Gasteiger partial charge on any atom is -0.493 e. The van der Waals surface area contributed by atoms with Crippen LogP contribution in [0.5, 0.6) is 5.75 Å². The number of ether oxygens (including phenoxy) is 3. The Kier molecular flexibility index (Phi) is 8.88. The second-order valence-electron chi connectivity index (χ2n) is 13.0. The summed E-state index contributed by atoms with van der Waals surface area (Å²) >= 11 is 0. The van der Waals surface area contributed by atoms with Gasteiger partial charge in [-0.15, -0.1) is 0 Å². The van der Waals surface area contributed by atoms with Gasteiger partial charge in [0.05, 0.1) is 18.8 Å². The van der Waals surface area contributed by atoms with Gasteiger partial charge in [-0.05, 0) is 140 Å². The van der Waals surface area contributed by atoms with Gasteiger partial charge in [0.25, 0.3) is 0 Å². The van der Waals surface area contributed by atoms with E-state index in [9.17, 15) is 9.59 Å². The summed E-state index contributed by atoms with van der Waals surface area (Å²) in [5.41, 5.74) is 4.36. The predicted molar refractivity (Wildman–Crippen MR) is 170 cm³/mol. The molecule has 0 heterocycles. The lowest BCUT2D eigenvalue weighted by Crippen LogP contribution is -2.48. The largest absolute Gasteiger partial charge is 0.493 e. The maximum Gasteiger partial charge on any atom is 0.338 e. The predicted octanol–water partition coefficient (Wildman–Crippen LogP) is 8.82. The molecular weight excluding hydrogens is 536 g/mol. The first kappa shape index (κ1) is 29.5. The fraction of sp³-hybridized carbons (Fsp3) is 0.474. The highest BCUT2D eigenvalue weighted by Gasteiger charge is 2.52. The van der Waals surface area contributed by atoms with Gasteiger partial charge < -0.3 is 14.2 Å². The molecule has 4 bridgehead atoms. The van der Waals surface area contributed by atoms with E-state index in [4.69, 9.17) is 14.2 Å². The van der Waals surface area contributed by atoms with Crippen molar-refractivity contribution >= 4 is 22.7 Å². The normalized spacial score (nSPS) is 23.7.